The minimum atomic E-state index is 0. The Hall–Kier alpha value is 0.210. The zero-order valence-electron chi connectivity index (χ0n) is 12.8. The van der Waals surface area contributed by atoms with Crippen LogP contribution in [0.5, 0.6) is 0 Å². The predicted octanol–water partition coefficient (Wildman–Crippen LogP) is 0.954. The van der Waals surface area contributed by atoms with Crippen molar-refractivity contribution in [1.82, 2.24) is 0 Å². The molecule has 0 bridgehead atoms. The lowest BCUT2D eigenvalue weighted by molar-refractivity contribution is -0.970. The first-order chi connectivity index (χ1) is 8.14. The summed E-state index contributed by atoms with van der Waals surface area (Å²) in [6.07, 6.45) is 7.92. The topological polar surface area (TPSA) is 12.5 Å². The van der Waals surface area contributed by atoms with Gasteiger partial charge in [0.05, 0.1) is 19.6 Å². The van der Waals surface area contributed by atoms with E-state index in [9.17, 15) is 0 Å². The van der Waals surface area contributed by atoms with Crippen LogP contribution in [0.2, 0.25) is 0 Å². The molecule has 18 heavy (non-hydrogen) atoms. The van der Waals surface area contributed by atoms with Crippen molar-refractivity contribution in [2.75, 3.05) is 26.2 Å². The normalized spacial score (nSPS) is 22.7. The maximum absolute atomic E-state index is 5.82. The van der Waals surface area contributed by atoms with Crippen molar-refractivity contribution >= 4 is 0 Å². The van der Waals surface area contributed by atoms with Gasteiger partial charge in [-0.2, -0.15) is 0 Å². The maximum atomic E-state index is 5.82. The third-order valence-corrected chi connectivity index (χ3v) is 4.38. The molecule has 2 nitrogen and oxygen atoms in total. The summed E-state index contributed by atoms with van der Waals surface area (Å²) in [6.45, 7) is 14.1. The van der Waals surface area contributed by atoms with Crippen LogP contribution in [0.4, 0.5) is 0 Å². The van der Waals surface area contributed by atoms with Gasteiger partial charge in [0.1, 0.15) is 6.61 Å². The van der Waals surface area contributed by atoms with E-state index >= 15 is 0 Å². The number of halogens is 1. The van der Waals surface area contributed by atoms with Crippen molar-refractivity contribution in [3.05, 3.63) is 0 Å². The average Bonchev–Trinajstić information content (AvgIpc) is 3.08. The molecule has 0 aromatic carbocycles. The number of hydrogen-bond donors (Lipinski definition) is 0. The van der Waals surface area contributed by atoms with E-state index in [4.69, 9.17) is 4.74 Å². The molecule has 0 aromatic heterocycles. The SMILES string of the molecule is CCCC[N+](CCCC)(CCCC)C1(C)CO1.[Cl-]. The molecule has 1 unspecified atom stereocenters. The highest BCUT2D eigenvalue weighted by atomic mass is 35.5. The molecular formula is C15H32ClNO. The van der Waals surface area contributed by atoms with E-state index in [1.54, 1.807) is 0 Å². The number of epoxide rings is 1. The van der Waals surface area contributed by atoms with Crippen molar-refractivity contribution in [1.29, 1.82) is 0 Å². The molecule has 3 heteroatoms. The van der Waals surface area contributed by atoms with E-state index in [-0.39, 0.29) is 18.1 Å². The van der Waals surface area contributed by atoms with Crippen LogP contribution in [0.25, 0.3) is 0 Å². The van der Waals surface area contributed by atoms with Gasteiger partial charge in [0, 0.05) is 6.92 Å². The quantitative estimate of drug-likeness (QED) is 0.428. The van der Waals surface area contributed by atoms with E-state index in [1.165, 1.54) is 62.6 Å². The third-order valence-electron chi connectivity index (χ3n) is 4.38. The highest BCUT2D eigenvalue weighted by Gasteiger charge is 2.57. The summed E-state index contributed by atoms with van der Waals surface area (Å²) in [5, 5.41) is 0. The fourth-order valence-electron chi connectivity index (χ4n) is 2.81. The summed E-state index contributed by atoms with van der Waals surface area (Å²) in [7, 11) is 0. The van der Waals surface area contributed by atoms with E-state index < -0.39 is 0 Å². The molecular weight excluding hydrogens is 246 g/mol. The molecule has 1 heterocycles. The summed E-state index contributed by atoms with van der Waals surface area (Å²) < 4.78 is 7.05. The molecule has 0 saturated carbocycles. The predicted molar refractivity (Wildman–Crippen MR) is 73.9 cm³/mol. The minimum absolute atomic E-state index is 0. The summed E-state index contributed by atoms with van der Waals surface area (Å²) in [5.41, 5.74) is 0.152. The molecule has 110 valence electrons. The average molecular weight is 278 g/mol. The molecule has 0 aliphatic carbocycles. The Bertz CT molecular complexity index is 195. The summed E-state index contributed by atoms with van der Waals surface area (Å²) in [4.78, 5) is 0. The number of rotatable bonds is 10. The van der Waals surface area contributed by atoms with Crippen molar-refractivity contribution in [2.24, 2.45) is 0 Å². The monoisotopic (exact) mass is 277 g/mol. The number of hydrogen-bond acceptors (Lipinski definition) is 1. The van der Waals surface area contributed by atoms with Gasteiger partial charge >= 0.3 is 0 Å². The first-order valence-electron chi connectivity index (χ1n) is 7.64. The van der Waals surface area contributed by atoms with Crippen LogP contribution in [-0.4, -0.2) is 36.4 Å². The zero-order chi connectivity index (χ0) is 12.8. The van der Waals surface area contributed by atoms with Crippen LogP contribution < -0.4 is 12.4 Å². The van der Waals surface area contributed by atoms with Gasteiger partial charge in [-0.1, -0.05) is 40.0 Å². The Morgan fingerprint density at radius 2 is 1.22 bits per heavy atom. The molecule has 1 rings (SSSR count). The first-order valence-corrected chi connectivity index (χ1v) is 7.64. The Balaban J connectivity index is 0.00000289. The van der Waals surface area contributed by atoms with Gasteiger partial charge in [-0.05, 0) is 19.3 Å². The number of nitrogens with zero attached hydrogens (tertiary/aromatic N) is 1. The second-order valence-electron chi connectivity index (χ2n) is 5.84. The van der Waals surface area contributed by atoms with Gasteiger partial charge in [-0.25, -0.2) is 0 Å². The van der Waals surface area contributed by atoms with Crippen LogP contribution in [0.1, 0.15) is 66.2 Å². The Labute approximate surface area is 120 Å². The smallest absolute Gasteiger partial charge is 0.224 e. The Morgan fingerprint density at radius 1 is 0.889 bits per heavy atom. The van der Waals surface area contributed by atoms with E-state index in [1.807, 2.05) is 0 Å². The van der Waals surface area contributed by atoms with Gasteiger partial charge in [0.2, 0.25) is 5.72 Å². The molecule has 1 aliphatic heterocycles. The molecule has 1 saturated heterocycles. The number of unbranched alkanes of at least 4 members (excludes halogenated alkanes) is 3. The van der Waals surface area contributed by atoms with Crippen LogP contribution >= 0.6 is 0 Å². The highest BCUT2D eigenvalue weighted by Crippen LogP contribution is 2.39. The van der Waals surface area contributed by atoms with E-state index in [0.29, 0.717) is 0 Å². The number of ether oxygens (including phenoxy) is 1. The van der Waals surface area contributed by atoms with Gasteiger partial charge in [-0.15, -0.1) is 0 Å². The van der Waals surface area contributed by atoms with Crippen LogP contribution in [0.15, 0.2) is 0 Å². The minimum Gasteiger partial charge on any atom is -1.00 e. The van der Waals surface area contributed by atoms with Gasteiger partial charge in [0.25, 0.3) is 0 Å². The molecule has 0 radical (unpaired) electrons. The Morgan fingerprint density at radius 3 is 1.44 bits per heavy atom. The van der Waals surface area contributed by atoms with Gasteiger partial charge in [0.15, 0.2) is 0 Å². The van der Waals surface area contributed by atoms with E-state index in [0.717, 1.165) is 6.61 Å². The fraction of sp³-hybridized carbons (Fsp3) is 1.00. The fourth-order valence-corrected chi connectivity index (χ4v) is 2.81. The first kappa shape index (κ1) is 18.2. The van der Waals surface area contributed by atoms with Crippen LogP contribution in [0, 0.1) is 0 Å². The second-order valence-corrected chi connectivity index (χ2v) is 5.84. The van der Waals surface area contributed by atoms with Crippen molar-refractivity contribution in [2.45, 2.75) is 71.9 Å². The van der Waals surface area contributed by atoms with Gasteiger partial charge < -0.3 is 17.1 Å². The molecule has 0 N–H and O–H groups in total. The van der Waals surface area contributed by atoms with Gasteiger partial charge in [-0.3, -0.25) is 4.48 Å². The molecule has 0 amide bonds. The zero-order valence-corrected chi connectivity index (χ0v) is 13.6. The highest BCUT2D eigenvalue weighted by molar-refractivity contribution is 4.78. The third kappa shape index (κ3) is 4.40. The maximum Gasteiger partial charge on any atom is 0.224 e. The molecule has 1 fully saturated rings. The lowest BCUT2D eigenvalue weighted by Gasteiger charge is -2.42. The van der Waals surface area contributed by atoms with Crippen molar-refractivity contribution < 1.29 is 21.6 Å². The van der Waals surface area contributed by atoms with E-state index in [2.05, 4.69) is 27.7 Å². The Kier molecular flexibility index (Phi) is 8.49. The molecule has 1 aliphatic rings. The van der Waals surface area contributed by atoms with Crippen molar-refractivity contribution in [3.8, 4) is 0 Å². The summed E-state index contributed by atoms with van der Waals surface area (Å²) >= 11 is 0. The van der Waals surface area contributed by atoms with Crippen LogP contribution in [-0.2, 0) is 4.74 Å². The summed E-state index contributed by atoms with van der Waals surface area (Å²) in [6, 6.07) is 0. The standard InChI is InChI=1S/C15H32NO.ClH/c1-5-8-11-16(12-9-6-2,13-10-7-3)15(4)14-17-15;/h5-14H2,1-4H3;1H/q+1;/p-1. The molecule has 0 aromatic rings. The second kappa shape index (κ2) is 8.39. The summed E-state index contributed by atoms with van der Waals surface area (Å²) in [5.74, 6) is 0. The molecule has 1 atom stereocenters. The molecule has 0 spiro atoms. The lowest BCUT2D eigenvalue weighted by Crippen LogP contribution is -3.00. The largest absolute Gasteiger partial charge is 1.00 e. The lowest BCUT2D eigenvalue weighted by atomic mass is 10.1. The van der Waals surface area contributed by atoms with Crippen LogP contribution in [0.3, 0.4) is 0 Å². The number of quaternary nitrogens is 1. The van der Waals surface area contributed by atoms with Crippen molar-refractivity contribution in [3.63, 3.8) is 0 Å².